The molecule has 1 amide bonds. The first-order chi connectivity index (χ1) is 11.4. The van der Waals surface area contributed by atoms with Crippen LogP contribution in [0.3, 0.4) is 0 Å². The van der Waals surface area contributed by atoms with Gasteiger partial charge in [0.15, 0.2) is 0 Å². The van der Waals surface area contributed by atoms with E-state index in [-0.39, 0.29) is 25.2 Å². The number of hydrogen-bond donors (Lipinski definition) is 2. The van der Waals surface area contributed by atoms with E-state index in [9.17, 15) is 19.2 Å². The second-order valence-corrected chi connectivity index (χ2v) is 7.16. The fourth-order valence-electron chi connectivity index (χ4n) is 2.13. The van der Waals surface area contributed by atoms with Crippen LogP contribution in [0, 0.1) is 11.8 Å². The van der Waals surface area contributed by atoms with Crippen LogP contribution in [0.25, 0.3) is 0 Å². The Morgan fingerprint density at radius 3 is 2.08 bits per heavy atom. The number of carboxylic acids is 1. The van der Waals surface area contributed by atoms with Gasteiger partial charge in [-0.3, -0.25) is 14.4 Å². The predicted octanol–water partition coefficient (Wildman–Crippen LogP) is 1.51. The SMILES string of the molecule is COC(=O)[C@@H](CCC(=O)O)NC(=O)[C@@H](CC(=O)OC(C)(C)C)C(C)C. The molecule has 0 bridgehead atoms. The molecule has 8 nitrogen and oxygen atoms in total. The molecule has 0 heterocycles. The van der Waals surface area contributed by atoms with Crippen LogP contribution in [0.2, 0.25) is 0 Å². The van der Waals surface area contributed by atoms with Crippen LogP contribution < -0.4 is 5.32 Å². The monoisotopic (exact) mass is 359 g/mol. The Kier molecular flexibility index (Phi) is 9.16. The second-order valence-electron chi connectivity index (χ2n) is 7.16. The lowest BCUT2D eigenvalue weighted by Crippen LogP contribution is -2.46. The molecule has 8 heteroatoms. The maximum Gasteiger partial charge on any atom is 0.328 e. The van der Waals surface area contributed by atoms with Crippen molar-refractivity contribution < 1.29 is 33.8 Å². The number of carboxylic acid groups (broad SMARTS) is 1. The largest absolute Gasteiger partial charge is 0.481 e. The number of carbonyl (C=O) groups excluding carboxylic acids is 3. The molecule has 25 heavy (non-hydrogen) atoms. The first-order valence-corrected chi connectivity index (χ1v) is 8.19. The lowest BCUT2D eigenvalue weighted by Gasteiger charge is -2.25. The Balaban J connectivity index is 5.02. The molecule has 0 aromatic carbocycles. The van der Waals surface area contributed by atoms with Gasteiger partial charge in [0.1, 0.15) is 11.6 Å². The van der Waals surface area contributed by atoms with Gasteiger partial charge >= 0.3 is 17.9 Å². The van der Waals surface area contributed by atoms with Crippen molar-refractivity contribution in [3.63, 3.8) is 0 Å². The fraction of sp³-hybridized carbons (Fsp3) is 0.765. The predicted molar refractivity (Wildman–Crippen MR) is 89.6 cm³/mol. The Labute approximate surface area is 148 Å². The Morgan fingerprint density at radius 2 is 1.68 bits per heavy atom. The maximum atomic E-state index is 12.5. The molecule has 0 aliphatic heterocycles. The number of ether oxygens (including phenoxy) is 2. The summed E-state index contributed by atoms with van der Waals surface area (Å²) in [4.78, 5) is 46.9. The highest BCUT2D eigenvalue weighted by atomic mass is 16.6. The highest BCUT2D eigenvalue weighted by Crippen LogP contribution is 2.19. The fourth-order valence-corrected chi connectivity index (χ4v) is 2.13. The zero-order valence-electron chi connectivity index (χ0n) is 15.8. The summed E-state index contributed by atoms with van der Waals surface area (Å²) in [5, 5.41) is 11.2. The molecule has 144 valence electrons. The first kappa shape index (κ1) is 22.9. The van der Waals surface area contributed by atoms with E-state index in [2.05, 4.69) is 10.1 Å². The molecule has 0 unspecified atom stereocenters. The van der Waals surface area contributed by atoms with Crippen molar-refractivity contribution in [1.29, 1.82) is 0 Å². The van der Waals surface area contributed by atoms with Crippen molar-refractivity contribution in [3.05, 3.63) is 0 Å². The van der Waals surface area contributed by atoms with E-state index in [1.165, 1.54) is 0 Å². The Hall–Kier alpha value is -2.12. The van der Waals surface area contributed by atoms with E-state index in [0.717, 1.165) is 7.11 Å². The number of aliphatic carboxylic acids is 1. The van der Waals surface area contributed by atoms with Crippen LogP contribution in [0.1, 0.15) is 53.9 Å². The molecule has 2 atom stereocenters. The van der Waals surface area contributed by atoms with Gasteiger partial charge in [-0.2, -0.15) is 0 Å². The molecule has 0 saturated carbocycles. The molecule has 0 radical (unpaired) electrons. The number of nitrogens with one attached hydrogen (secondary N) is 1. The quantitative estimate of drug-likeness (QED) is 0.599. The lowest BCUT2D eigenvalue weighted by molar-refractivity contribution is -0.158. The minimum Gasteiger partial charge on any atom is -0.481 e. The molecule has 0 rings (SSSR count). The second kappa shape index (κ2) is 10.0. The van der Waals surface area contributed by atoms with Gasteiger partial charge in [-0.1, -0.05) is 13.8 Å². The van der Waals surface area contributed by atoms with Crippen molar-refractivity contribution in [2.45, 2.75) is 65.5 Å². The van der Waals surface area contributed by atoms with Gasteiger partial charge in [0, 0.05) is 6.42 Å². The molecular weight excluding hydrogens is 330 g/mol. The summed E-state index contributed by atoms with van der Waals surface area (Å²) in [5.41, 5.74) is -0.662. The van der Waals surface area contributed by atoms with Gasteiger partial charge in [0.05, 0.1) is 19.4 Å². The first-order valence-electron chi connectivity index (χ1n) is 8.19. The maximum absolute atomic E-state index is 12.5. The molecule has 0 aromatic heterocycles. The molecule has 0 aliphatic rings. The van der Waals surface area contributed by atoms with Gasteiger partial charge in [0.2, 0.25) is 5.91 Å². The zero-order valence-corrected chi connectivity index (χ0v) is 15.8. The molecular formula is C17H29NO7. The standard InChI is InChI=1S/C17H29NO7/c1-10(2)11(9-14(21)25-17(3,4)5)15(22)18-12(16(23)24-6)7-8-13(19)20/h10-12H,7-9H2,1-6H3,(H,18,22)(H,19,20)/t11-,12+/m0/s1. The zero-order chi connectivity index (χ0) is 19.8. The Morgan fingerprint density at radius 1 is 1.12 bits per heavy atom. The van der Waals surface area contributed by atoms with E-state index >= 15 is 0 Å². The van der Waals surface area contributed by atoms with Crippen LogP contribution in [-0.4, -0.2) is 47.7 Å². The van der Waals surface area contributed by atoms with E-state index in [4.69, 9.17) is 9.84 Å². The lowest BCUT2D eigenvalue weighted by atomic mass is 9.91. The van der Waals surface area contributed by atoms with E-state index < -0.39 is 41.4 Å². The van der Waals surface area contributed by atoms with Gasteiger partial charge in [-0.25, -0.2) is 4.79 Å². The van der Waals surface area contributed by atoms with E-state index in [1.807, 2.05) is 0 Å². The highest BCUT2D eigenvalue weighted by Gasteiger charge is 2.31. The minimum atomic E-state index is -1.09. The third kappa shape index (κ3) is 9.69. The number of methoxy groups -OCH3 is 1. The highest BCUT2D eigenvalue weighted by molar-refractivity contribution is 5.88. The van der Waals surface area contributed by atoms with Crippen molar-refractivity contribution in [3.8, 4) is 0 Å². The molecule has 2 N–H and O–H groups in total. The van der Waals surface area contributed by atoms with Crippen LogP contribution in [0.15, 0.2) is 0 Å². The van der Waals surface area contributed by atoms with Gasteiger partial charge in [0.25, 0.3) is 0 Å². The average molecular weight is 359 g/mol. The van der Waals surface area contributed by atoms with Gasteiger partial charge in [-0.15, -0.1) is 0 Å². The molecule has 0 spiro atoms. The number of rotatable bonds is 9. The van der Waals surface area contributed by atoms with Crippen LogP contribution in [-0.2, 0) is 28.7 Å². The molecule has 0 saturated heterocycles. The number of esters is 2. The van der Waals surface area contributed by atoms with Gasteiger partial charge in [-0.05, 0) is 33.1 Å². The molecule has 0 aromatic rings. The third-order valence-electron chi connectivity index (χ3n) is 3.40. The van der Waals surface area contributed by atoms with Crippen molar-refractivity contribution in [2.75, 3.05) is 7.11 Å². The van der Waals surface area contributed by atoms with Crippen LogP contribution >= 0.6 is 0 Å². The summed E-state index contributed by atoms with van der Waals surface area (Å²) in [7, 11) is 1.16. The normalized spacial score (nSPS) is 13.7. The van der Waals surface area contributed by atoms with Gasteiger partial charge < -0.3 is 19.9 Å². The average Bonchev–Trinajstić information content (AvgIpc) is 2.45. The summed E-state index contributed by atoms with van der Waals surface area (Å²) < 4.78 is 9.83. The Bertz CT molecular complexity index is 494. The van der Waals surface area contributed by atoms with Crippen LogP contribution in [0.4, 0.5) is 0 Å². The smallest absolute Gasteiger partial charge is 0.328 e. The number of carbonyl (C=O) groups is 4. The molecule has 0 fully saturated rings. The van der Waals surface area contributed by atoms with Crippen molar-refractivity contribution in [1.82, 2.24) is 5.32 Å². The minimum absolute atomic E-state index is 0.0923. The summed E-state index contributed by atoms with van der Waals surface area (Å²) in [6.45, 7) is 8.75. The van der Waals surface area contributed by atoms with Crippen molar-refractivity contribution in [2.24, 2.45) is 11.8 Å². The summed E-state index contributed by atoms with van der Waals surface area (Å²) in [6, 6.07) is -1.08. The van der Waals surface area contributed by atoms with Crippen molar-refractivity contribution >= 4 is 23.8 Å². The number of amides is 1. The van der Waals surface area contributed by atoms with E-state index in [0.29, 0.717) is 0 Å². The third-order valence-corrected chi connectivity index (χ3v) is 3.40. The molecule has 0 aliphatic carbocycles. The summed E-state index contributed by atoms with van der Waals surface area (Å²) >= 11 is 0. The van der Waals surface area contributed by atoms with Crippen LogP contribution in [0.5, 0.6) is 0 Å². The topological polar surface area (TPSA) is 119 Å². The summed E-state index contributed by atoms with van der Waals surface area (Å²) in [5.74, 6) is -3.72. The van der Waals surface area contributed by atoms with E-state index in [1.54, 1.807) is 34.6 Å². The number of hydrogen-bond acceptors (Lipinski definition) is 6. The summed E-state index contributed by atoms with van der Waals surface area (Å²) in [6.07, 6.45) is -0.517.